The second kappa shape index (κ2) is 6.29. The molecular weight excluding hydrogens is 210 g/mol. The van der Waals surface area contributed by atoms with Crippen LogP contribution < -0.4 is 11.1 Å². The van der Waals surface area contributed by atoms with Crippen LogP contribution in [0.2, 0.25) is 0 Å². The second-order valence-electron chi connectivity index (χ2n) is 3.07. The van der Waals surface area contributed by atoms with Crippen LogP contribution >= 0.6 is 11.8 Å². The Hall–Kier alpha value is -1.23. The molecule has 4 nitrogen and oxygen atoms in total. The molecule has 1 amide bonds. The van der Waals surface area contributed by atoms with Crippen molar-refractivity contribution >= 4 is 23.4 Å². The first-order valence-electron chi connectivity index (χ1n) is 4.83. The minimum atomic E-state index is 0.0421. The maximum absolute atomic E-state index is 11.3. The number of nitrogen functional groups attached to an aromatic ring is 1. The van der Waals surface area contributed by atoms with E-state index in [0.717, 1.165) is 18.0 Å². The van der Waals surface area contributed by atoms with Crippen molar-refractivity contribution in [1.82, 2.24) is 10.3 Å². The Kier molecular flexibility index (Phi) is 4.97. The van der Waals surface area contributed by atoms with Gasteiger partial charge < -0.3 is 11.1 Å². The summed E-state index contributed by atoms with van der Waals surface area (Å²) in [6.45, 7) is 2.75. The lowest BCUT2D eigenvalue weighted by Gasteiger charge is -2.02. The number of carbonyl (C=O) groups is 1. The van der Waals surface area contributed by atoms with Gasteiger partial charge >= 0.3 is 0 Å². The number of carbonyl (C=O) groups excluding carboxylic acids is 1. The molecule has 0 aliphatic carbocycles. The van der Waals surface area contributed by atoms with Gasteiger partial charge in [-0.15, -0.1) is 0 Å². The fraction of sp³-hybridized carbons (Fsp3) is 0.400. The smallest absolute Gasteiger partial charge is 0.230 e. The Balaban J connectivity index is 2.30. The van der Waals surface area contributed by atoms with Crippen molar-refractivity contribution < 1.29 is 4.79 Å². The summed E-state index contributed by atoms with van der Waals surface area (Å²) in [7, 11) is 0. The second-order valence-corrected chi connectivity index (χ2v) is 4.06. The summed E-state index contributed by atoms with van der Waals surface area (Å²) in [6.07, 6.45) is 2.54. The normalized spacial score (nSPS) is 9.93. The highest BCUT2D eigenvalue weighted by Gasteiger charge is 2.02. The standard InChI is InChI=1S/C10H15N3OS/c1-2-5-12-9(14)7-15-10-4-3-8(11)6-13-10/h3-4,6H,2,5,7,11H2,1H3,(H,12,14). The molecule has 0 fully saturated rings. The Bertz CT molecular complexity index is 313. The number of hydrogen-bond donors (Lipinski definition) is 2. The number of hydrogen-bond acceptors (Lipinski definition) is 4. The third kappa shape index (κ3) is 4.69. The summed E-state index contributed by atoms with van der Waals surface area (Å²) in [5.74, 6) is 0.442. The van der Waals surface area contributed by atoms with Crippen molar-refractivity contribution in [1.29, 1.82) is 0 Å². The van der Waals surface area contributed by atoms with E-state index in [0.29, 0.717) is 11.4 Å². The van der Waals surface area contributed by atoms with Crippen LogP contribution in [0, 0.1) is 0 Å². The van der Waals surface area contributed by atoms with Gasteiger partial charge in [-0.25, -0.2) is 4.98 Å². The SMILES string of the molecule is CCCNC(=O)CSc1ccc(N)cn1. The van der Waals surface area contributed by atoms with Crippen LogP contribution in [0.1, 0.15) is 13.3 Å². The van der Waals surface area contributed by atoms with E-state index in [-0.39, 0.29) is 5.91 Å². The number of nitrogens with one attached hydrogen (secondary N) is 1. The number of amides is 1. The molecule has 0 radical (unpaired) electrons. The fourth-order valence-electron chi connectivity index (χ4n) is 0.932. The van der Waals surface area contributed by atoms with Crippen LogP contribution in [0.15, 0.2) is 23.4 Å². The molecule has 1 rings (SSSR count). The Morgan fingerprint density at radius 1 is 1.60 bits per heavy atom. The lowest BCUT2D eigenvalue weighted by atomic mass is 10.4. The van der Waals surface area contributed by atoms with Crippen LogP contribution in [-0.4, -0.2) is 23.2 Å². The van der Waals surface area contributed by atoms with Gasteiger partial charge in [0.2, 0.25) is 5.91 Å². The van der Waals surface area contributed by atoms with Gasteiger partial charge in [-0.2, -0.15) is 0 Å². The zero-order valence-electron chi connectivity index (χ0n) is 8.69. The van der Waals surface area contributed by atoms with E-state index in [1.54, 1.807) is 12.3 Å². The molecule has 5 heteroatoms. The number of pyridine rings is 1. The molecule has 0 spiro atoms. The number of thioether (sulfide) groups is 1. The Morgan fingerprint density at radius 3 is 3.00 bits per heavy atom. The third-order valence-electron chi connectivity index (χ3n) is 1.68. The molecular formula is C10H15N3OS. The van der Waals surface area contributed by atoms with Crippen LogP contribution in [0.3, 0.4) is 0 Å². The lowest BCUT2D eigenvalue weighted by molar-refractivity contribution is -0.118. The summed E-state index contributed by atoms with van der Waals surface area (Å²) in [4.78, 5) is 15.3. The van der Waals surface area contributed by atoms with Crippen molar-refractivity contribution in [2.45, 2.75) is 18.4 Å². The summed E-state index contributed by atoms with van der Waals surface area (Å²) in [5, 5.41) is 3.62. The molecule has 15 heavy (non-hydrogen) atoms. The van der Waals surface area contributed by atoms with E-state index in [1.807, 2.05) is 13.0 Å². The van der Waals surface area contributed by atoms with Gasteiger partial charge in [0.1, 0.15) is 0 Å². The number of aromatic nitrogens is 1. The molecule has 0 bridgehead atoms. The van der Waals surface area contributed by atoms with Crippen molar-refractivity contribution in [2.75, 3.05) is 18.0 Å². The molecule has 3 N–H and O–H groups in total. The summed E-state index contributed by atoms with van der Waals surface area (Å²) in [5.41, 5.74) is 6.13. The van der Waals surface area contributed by atoms with E-state index in [2.05, 4.69) is 10.3 Å². The summed E-state index contributed by atoms with van der Waals surface area (Å²) in [6, 6.07) is 3.59. The first-order valence-corrected chi connectivity index (χ1v) is 5.82. The molecule has 1 heterocycles. The van der Waals surface area contributed by atoms with Gasteiger partial charge in [-0.1, -0.05) is 18.7 Å². The first-order chi connectivity index (χ1) is 7.22. The van der Waals surface area contributed by atoms with Gasteiger partial charge in [0, 0.05) is 6.54 Å². The van der Waals surface area contributed by atoms with Gasteiger partial charge in [0.25, 0.3) is 0 Å². The number of nitrogens with two attached hydrogens (primary N) is 1. The maximum atomic E-state index is 11.3. The molecule has 0 aliphatic rings. The minimum absolute atomic E-state index is 0.0421. The van der Waals surface area contributed by atoms with Crippen molar-refractivity contribution in [3.63, 3.8) is 0 Å². The molecule has 0 atom stereocenters. The van der Waals surface area contributed by atoms with Crippen LogP contribution in [0.4, 0.5) is 5.69 Å². The number of anilines is 1. The Morgan fingerprint density at radius 2 is 2.40 bits per heavy atom. The molecule has 0 unspecified atom stereocenters. The minimum Gasteiger partial charge on any atom is -0.397 e. The van der Waals surface area contributed by atoms with Gasteiger partial charge in [0.05, 0.1) is 22.7 Å². The van der Waals surface area contributed by atoms with Crippen LogP contribution in [-0.2, 0) is 4.79 Å². The fourth-order valence-corrected chi connectivity index (χ4v) is 1.60. The van der Waals surface area contributed by atoms with Gasteiger partial charge in [-0.3, -0.25) is 4.79 Å². The first kappa shape index (κ1) is 11.8. The molecule has 0 saturated carbocycles. The van der Waals surface area contributed by atoms with Gasteiger partial charge in [0.15, 0.2) is 0 Å². The summed E-state index contributed by atoms with van der Waals surface area (Å²) >= 11 is 1.41. The van der Waals surface area contributed by atoms with E-state index >= 15 is 0 Å². The molecule has 0 aromatic carbocycles. The molecule has 1 aromatic rings. The van der Waals surface area contributed by atoms with Crippen LogP contribution in [0.25, 0.3) is 0 Å². The topological polar surface area (TPSA) is 68.0 Å². The average Bonchev–Trinajstić information content (AvgIpc) is 2.25. The molecule has 82 valence electrons. The lowest BCUT2D eigenvalue weighted by Crippen LogP contribution is -2.25. The highest BCUT2D eigenvalue weighted by Crippen LogP contribution is 2.15. The van der Waals surface area contributed by atoms with E-state index < -0.39 is 0 Å². The highest BCUT2D eigenvalue weighted by atomic mass is 32.2. The zero-order chi connectivity index (χ0) is 11.1. The highest BCUT2D eigenvalue weighted by molar-refractivity contribution is 7.99. The largest absolute Gasteiger partial charge is 0.397 e. The predicted octanol–water partition coefficient (Wildman–Crippen LogP) is 1.28. The van der Waals surface area contributed by atoms with Crippen molar-refractivity contribution in [3.8, 4) is 0 Å². The molecule has 0 aliphatic heterocycles. The number of rotatable bonds is 5. The maximum Gasteiger partial charge on any atom is 0.230 e. The van der Waals surface area contributed by atoms with E-state index in [9.17, 15) is 4.79 Å². The third-order valence-corrected chi connectivity index (χ3v) is 2.63. The Labute approximate surface area is 93.7 Å². The van der Waals surface area contributed by atoms with Crippen molar-refractivity contribution in [3.05, 3.63) is 18.3 Å². The van der Waals surface area contributed by atoms with Gasteiger partial charge in [-0.05, 0) is 18.6 Å². The number of nitrogens with zero attached hydrogens (tertiary/aromatic N) is 1. The van der Waals surface area contributed by atoms with Crippen molar-refractivity contribution in [2.24, 2.45) is 0 Å². The predicted molar refractivity (Wildman–Crippen MR) is 62.7 cm³/mol. The van der Waals surface area contributed by atoms with E-state index in [1.165, 1.54) is 11.8 Å². The molecule has 1 aromatic heterocycles. The monoisotopic (exact) mass is 225 g/mol. The van der Waals surface area contributed by atoms with E-state index in [4.69, 9.17) is 5.73 Å². The van der Waals surface area contributed by atoms with Crippen LogP contribution in [0.5, 0.6) is 0 Å². The average molecular weight is 225 g/mol. The summed E-state index contributed by atoms with van der Waals surface area (Å²) < 4.78 is 0. The quantitative estimate of drug-likeness (QED) is 0.741. The molecule has 0 saturated heterocycles. The zero-order valence-corrected chi connectivity index (χ0v) is 9.51.